The van der Waals surface area contributed by atoms with E-state index >= 15 is 0 Å². The summed E-state index contributed by atoms with van der Waals surface area (Å²) in [5.74, 6) is 0.721. The summed E-state index contributed by atoms with van der Waals surface area (Å²) in [5, 5.41) is 0. The Balaban J connectivity index is 1.31. The van der Waals surface area contributed by atoms with E-state index in [2.05, 4.69) is 0 Å². The predicted octanol–water partition coefficient (Wildman–Crippen LogP) is 7.16. The number of amides is 3. The van der Waals surface area contributed by atoms with Gasteiger partial charge in [0.05, 0.1) is 36.7 Å². The largest absolute Gasteiger partial charge is 0.492 e. The number of para-hydroxylation sites is 1. The summed E-state index contributed by atoms with van der Waals surface area (Å²) in [4.78, 5) is 45.5. The molecule has 1 atom stereocenters. The molecule has 250 valence electrons. The van der Waals surface area contributed by atoms with Crippen LogP contribution >= 0.6 is 0 Å². The van der Waals surface area contributed by atoms with Gasteiger partial charge in [0.15, 0.2) is 11.5 Å². The molecule has 3 heterocycles. The van der Waals surface area contributed by atoms with E-state index in [9.17, 15) is 14.4 Å². The molecule has 3 amide bonds. The number of ether oxygens (including phenoxy) is 4. The summed E-state index contributed by atoms with van der Waals surface area (Å²) in [6.07, 6.45) is 0.0643. The molecule has 3 aliphatic heterocycles. The van der Waals surface area contributed by atoms with Crippen molar-refractivity contribution < 1.29 is 33.3 Å². The van der Waals surface area contributed by atoms with Gasteiger partial charge in [0.25, 0.3) is 0 Å². The second kappa shape index (κ2) is 13.0. The van der Waals surface area contributed by atoms with E-state index in [0.29, 0.717) is 36.6 Å². The number of hydrogen-bond donors (Lipinski definition) is 0. The standard InChI is InChI=1S/C39H37N3O7/c1-40(37(44)48-24-26-12-6-4-7-13-26)31-19-18-29(34(46-2)35(31)47-3)39-22-23-41(38(45)49-25-27-14-8-5-9-15-27)32-20-21-33(43)42(36(32)39)30-17-11-10-16-28(30)39/h4-19H,20-25H2,1-3H3. The predicted molar refractivity (Wildman–Crippen MR) is 183 cm³/mol. The van der Waals surface area contributed by atoms with E-state index < -0.39 is 17.6 Å². The highest BCUT2D eigenvalue weighted by Crippen LogP contribution is 2.61. The van der Waals surface area contributed by atoms with E-state index in [0.717, 1.165) is 39.3 Å². The van der Waals surface area contributed by atoms with Crippen LogP contribution in [0.15, 0.2) is 108 Å². The number of nitrogens with zero attached hydrogens (tertiary/aromatic N) is 3. The number of anilines is 2. The maximum Gasteiger partial charge on any atom is 0.414 e. The fourth-order valence-corrected chi connectivity index (χ4v) is 7.36. The van der Waals surface area contributed by atoms with Crippen LogP contribution in [0.2, 0.25) is 0 Å². The molecule has 0 spiro atoms. The number of fused-ring (bicyclic) bond motifs is 3. The number of carbonyl (C=O) groups is 3. The number of allylic oxidation sites excluding steroid dienone is 2. The molecule has 0 aliphatic carbocycles. The quantitative estimate of drug-likeness (QED) is 0.198. The Kier molecular flexibility index (Phi) is 8.46. The van der Waals surface area contributed by atoms with Crippen molar-refractivity contribution in [2.45, 2.75) is 37.9 Å². The Morgan fingerprint density at radius 1 is 0.755 bits per heavy atom. The third-order valence-electron chi connectivity index (χ3n) is 9.59. The monoisotopic (exact) mass is 659 g/mol. The third-order valence-corrected chi connectivity index (χ3v) is 9.59. The van der Waals surface area contributed by atoms with Gasteiger partial charge < -0.3 is 18.9 Å². The molecule has 4 aromatic rings. The lowest BCUT2D eigenvalue weighted by atomic mass is 9.68. The maximum absolute atomic E-state index is 13.7. The summed E-state index contributed by atoms with van der Waals surface area (Å²) in [5.41, 5.74) is 5.27. The fourth-order valence-electron chi connectivity index (χ4n) is 7.36. The molecule has 0 aromatic heterocycles. The highest BCUT2D eigenvalue weighted by molar-refractivity contribution is 6.04. The van der Waals surface area contributed by atoms with Gasteiger partial charge in [-0.3, -0.25) is 19.5 Å². The van der Waals surface area contributed by atoms with Crippen molar-refractivity contribution in [3.8, 4) is 11.5 Å². The Bertz CT molecular complexity index is 1940. The minimum absolute atomic E-state index is 0.0453. The second-order valence-corrected chi connectivity index (χ2v) is 12.2. The Morgan fingerprint density at radius 2 is 1.39 bits per heavy atom. The number of hydrogen-bond acceptors (Lipinski definition) is 7. The van der Waals surface area contributed by atoms with Crippen LogP contribution in [0.25, 0.3) is 0 Å². The molecule has 0 saturated heterocycles. The number of rotatable bonds is 8. The topological polar surface area (TPSA) is 97.9 Å². The van der Waals surface area contributed by atoms with Crippen LogP contribution in [0.3, 0.4) is 0 Å². The molecule has 3 aliphatic rings. The molecular formula is C39H37N3O7. The Hall–Kier alpha value is -5.77. The lowest BCUT2D eigenvalue weighted by Gasteiger charge is -2.45. The summed E-state index contributed by atoms with van der Waals surface area (Å²) in [6, 6.07) is 30.6. The first kappa shape index (κ1) is 31.8. The SMILES string of the molecule is COc1c(N(C)C(=O)OCc2ccccc2)ccc(C23CCN(C(=O)OCc4ccccc4)C4=C2N(C(=O)CC4)c2ccccc23)c1OC. The highest BCUT2D eigenvalue weighted by Gasteiger charge is 2.57. The number of methoxy groups -OCH3 is 2. The molecule has 7 rings (SSSR count). The van der Waals surface area contributed by atoms with Crippen LogP contribution in [0, 0.1) is 0 Å². The van der Waals surface area contributed by atoms with Crippen molar-refractivity contribution in [1.82, 2.24) is 4.90 Å². The summed E-state index contributed by atoms with van der Waals surface area (Å²) >= 11 is 0. The first-order chi connectivity index (χ1) is 23.9. The zero-order valence-corrected chi connectivity index (χ0v) is 27.7. The summed E-state index contributed by atoms with van der Waals surface area (Å²) in [7, 11) is 4.71. The van der Waals surface area contributed by atoms with Gasteiger partial charge >= 0.3 is 12.2 Å². The van der Waals surface area contributed by atoms with Gasteiger partial charge in [-0.25, -0.2) is 9.59 Å². The van der Waals surface area contributed by atoms with E-state index in [1.807, 2.05) is 97.1 Å². The molecule has 4 aromatic carbocycles. The molecule has 10 nitrogen and oxygen atoms in total. The van der Waals surface area contributed by atoms with Crippen LogP contribution in [-0.4, -0.2) is 50.8 Å². The smallest absolute Gasteiger partial charge is 0.414 e. The highest BCUT2D eigenvalue weighted by atomic mass is 16.6. The van der Waals surface area contributed by atoms with Crippen molar-refractivity contribution in [2.24, 2.45) is 0 Å². The molecule has 0 N–H and O–H groups in total. The molecular weight excluding hydrogens is 622 g/mol. The third kappa shape index (κ3) is 5.33. The van der Waals surface area contributed by atoms with Crippen molar-refractivity contribution in [1.29, 1.82) is 0 Å². The van der Waals surface area contributed by atoms with Crippen LogP contribution in [0.4, 0.5) is 21.0 Å². The van der Waals surface area contributed by atoms with Crippen LogP contribution in [0.1, 0.15) is 41.5 Å². The van der Waals surface area contributed by atoms with Gasteiger partial charge in [0, 0.05) is 31.3 Å². The van der Waals surface area contributed by atoms with Gasteiger partial charge in [-0.15, -0.1) is 0 Å². The molecule has 0 bridgehead atoms. The molecule has 0 fully saturated rings. The average Bonchev–Trinajstić information content (AvgIpc) is 3.46. The maximum atomic E-state index is 13.7. The first-order valence-corrected chi connectivity index (χ1v) is 16.2. The van der Waals surface area contributed by atoms with E-state index in [4.69, 9.17) is 18.9 Å². The Morgan fingerprint density at radius 3 is 2.06 bits per heavy atom. The van der Waals surface area contributed by atoms with Gasteiger partial charge in [-0.05, 0) is 41.7 Å². The minimum Gasteiger partial charge on any atom is -0.492 e. The van der Waals surface area contributed by atoms with Gasteiger partial charge in [0.2, 0.25) is 5.91 Å². The summed E-state index contributed by atoms with van der Waals surface area (Å²) in [6.45, 7) is 0.606. The minimum atomic E-state index is -0.859. The van der Waals surface area contributed by atoms with Crippen molar-refractivity contribution >= 4 is 29.5 Å². The van der Waals surface area contributed by atoms with Crippen LogP contribution in [0.5, 0.6) is 11.5 Å². The lowest BCUT2D eigenvalue weighted by Crippen LogP contribution is -2.49. The average molecular weight is 660 g/mol. The molecule has 10 heteroatoms. The van der Waals surface area contributed by atoms with E-state index in [-0.39, 0.29) is 25.5 Å². The van der Waals surface area contributed by atoms with E-state index in [1.165, 1.54) is 12.0 Å². The van der Waals surface area contributed by atoms with Crippen molar-refractivity contribution in [3.05, 3.63) is 131 Å². The number of benzene rings is 4. The van der Waals surface area contributed by atoms with Crippen molar-refractivity contribution in [2.75, 3.05) is 37.6 Å². The van der Waals surface area contributed by atoms with Gasteiger partial charge in [-0.2, -0.15) is 0 Å². The molecule has 0 saturated carbocycles. The first-order valence-electron chi connectivity index (χ1n) is 16.2. The van der Waals surface area contributed by atoms with Crippen molar-refractivity contribution in [3.63, 3.8) is 0 Å². The van der Waals surface area contributed by atoms with Crippen LogP contribution in [-0.2, 0) is 32.9 Å². The fraction of sp³-hybridized carbons (Fsp3) is 0.256. The zero-order chi connectivity index (χ0) is 34.1. The lowest BCUT2D eigenvalue weighted by molar-refractivity contribution is -0.118. The molecule has 49 heavy (non-hydrogen) atoms. The molecule has 0 radical (unpaired) electrons. The van der Waals surface area contributed by atoms with Gasteiger partial charge in [-0.1, -0.05) is 84.9 Å². The van der Waals surface area contributed by atoms with Gasteiger partial charge in [0.1, 0.15) is 13.2 Å². The summed E-state index contributed by atoms with van der Waals surface area (Å²) < 4.78 is 23.5. The number of carbonyl (C=O) groups excluding carboxylic acids is 3. The normalized spacial score (nSPS) is 17.7. The van der Waals surface area contributed by atoms with E-state index in [1.54, 1.807) is 24.0 Å². The Labute approximate surface area is 285 Å². The zero-order valence-electron chi connectivity index (χ0n) is 27.7. The second-order valence-electron chi connectivity index (χ2n) is 12.2. The molecule has 1 unspecified atom stereocenters. The van der Waals surface area contributed by atoms with Crippen LogP contribution < -0.4 is 19.3 Å².